The molecule has 2 atom stereocenters. The number of amides is 1. The van der Waals surface area contributed by atoms with Crippen LogP contribution in [0.25, 0.3) is 0 Å². The van der Waals surface area contributed by atoms with Crippen LogP contribution in [-0.2, 0) is 4.79 Å². The Morgan fingerprint density at radius 2 is 1.07 bits per heavy atom. The van der Waals surface area contributed by atoms with E-state index in [9.17, 15) is 15.0 Å². The third-order valence-electron chi connectivity index (χ3n) is 6.98. The van der Waals surface area contributed by atoms with Crippen LogP contribution in [0.4, 0.5) is 0 Å². The van der Waals surface area contributed by atoms with Gasteiger partial charge < -0.3 is 15.5 Å². The molecule has 41 heavy (non-hydrogen) atoms. The molecule has 0 saturated carbocycles. The molecule has 0 aliphatic heterocycles. The van der Waals surface area contributed by atoms with Gasteiger partial charge in [-0.25, -0.2) is 0 Å². The van der Waals surface area contributed by atoms with Gasteiger partial charge in [-0.3, -0.25) is 4.79 Å². The van der Waals surface area contributed by atoms with Gasteiger partial charge in [0.2, 0.25) is 5.91 Å². The number of hydrogen-bond donors (Lipinski definition) is 3. The summed E-state index contributed by atoms with van der Waals surface area (Å²) >= 11 is 0. The van der Waals surface area contributed by atoms with Crippen molar-refractivity contribution in [3.63, 3.8) is 0 Å². The summed E-state index contributed by atoms with van der Waals surface area (Å²) < 4.78 is 0. The Balaban J connectivity index is 3.68. The van der Waals surface area contributed by atoms with Crippen LogP contribution in [0.5, 0.6) is 0 Å². The van der Waals surface area contributed by atoms with E-state index in [1.54, 1.807) is 0 Å². The van der Waals surface area contributed by atoms with Crippen molar-refractivity contribution in [3.8, 4) is 0 Å². The van der Waals surface area contributed by atoms with Crippen LogP contribution in [0.1, 0.15) is 136 Å². The monoisotopic (exact) mass is 569 g/mol. The lowest BCUT2D eigenvalue weighted by molar-refractivity contribution is -0.123. The summed E-state index contributed by atoms with van der Waals surface area (Å²) in [6.45, 7) is 4.14. The first-order chi connectivity index (χ1) is 20.2. The lowest BCUT2D eigenvalue weighted by Gasteiger charge is -2.22. The fraction of sp³-hybridized carbons (Fsp3) is 0.649. The SMILES string of the molecule is CC/C=C\C/C=C\C/C=C\C/C=C\C/C=C\C/C=C\CCCCCCC(=O)NC(CO)C(O)CCCCCCCC. The zero-order chi connectivity index (χ0) is 30.1. The predicted octanol–water partition coefficient (Wildman–Crippen LogP) is 9.61. The maximum absolute atomic E-state index is 12.2. The second-order valence-corrected chi connectivity index (χ2v) is 10.8. The van der Waals surface area contributed by atoms with E-state index in [1.807, 2.05) is 0 Å². The van der Waals surface area contributed by atoms with Crippen molar-refractivity contribution < 1.29 is 15.0 Å². The highest BCUT2D eigenvalue weighted by molar-refractivity contribution is 5.76. The van der Waals surface area contributed by atoms with Crippen LogP contribution in [-0.4, -0.2) is 34.9 Å². The minimum atomic E-state index is -0.670. The van der Waals surface area contributed by atoms with Gasteiger partial charge in [0, 0.05) is 6.42 Å². The largest absolute Gasteiger partial charge is 0.394 e. The molecule has 0 aliphatic rings. The molecule has 0 rings (SSSR count). The first-order valence-electron chi connectivity index (χ1n) is 16.6. The molecule has 1 amide bonds. The second-order valence-electron chi connectivity index (χ2n) is 10.8. The topological polar surface area (TPSA) is 69.6 Å². The van der Waals surface area contributed by atoms with Gasteiger partial charge in [0.15, 0.2) is 0 Å². The first kappa shape index (κ1) is 38.8. The number of aliphatic hydroxyl groups is 2. The van der Waals surface area contributed by atoms with E-state index in [0.29, 0.717) is 12.8 Å². The van der Waals surface area contributed by atoms with Crippen molar-refractivity contribution in [2.75, 3.05) is 6.61 Å². The summed E-state index contributed by atoms with van der Waals surface area (Å²) in [7, 11) is 0. The number of carbonyl (C=O) groups is 1. The number of aliphatic hydroxyl groups excluding tert-OH is 2. The molecule has 0 saturated heterocycles. The van der Waals surface area contributed by atoms with E-state index in [-0.39, 0.29) is 12.5 Å². The highest BCUT2D eigenvalue weighted by Crippen LogP contribution is 2.11. The van der Waals surface area contributed by atoms with E-state index < -0.39 is 12.1 Å². The van der Waals surface area contributed by atoms with Gasteiger partial charge in [-0.2, -0.15) is 0 Å². The minimum absolute atomic E-state index is 0.0667. The minimum Gasteiger partial charge on any atom is -0.394 e. The van der Waals surface area contributed by atoms with Crippen LogP contribution >= 0.6 is 0 Å². The predicted molar refractivity (Wildman–Crippen MR) is 179 cm³/mol. The molecule has 2 unspecified atom stereocenters. The summed E-state index contributed by atoms with van der Waals surface area (Å²) in [5.41, 5.74) is 0. The molecule has 0 fully saturated rings. The van der Waals surface area contributed by atoms with Gasteiger partial charge in [-0.1, -0.05) is 138 Å². The number of carbonyl (C=O) groups excluding carboxylic acids is 1. The molecule has 0 radical (unpaired) electrons. The molecule has 4 nitrogen and oxygen atoms in total. The van der Waals surface area contributed by atoms with Gasteiger partial charge in [0.25, 0.3) is 0 Å². The average molecular weight is 570 g/mol. The first-order valence-corrected chi connectivity index (χ1v) is 16.6. The lowest BCUT2D eigenvalue weighted by Crippen LogP contribution is -2.45. The van der Waals surface area contributed by atoms with Crippen molar-refractivity contribution in [2.45, 2.75) is 148 Å². The van der Waals surface area contributed by atoms with Gasteiger partial charge in [0.1, 0.15) is 0 Å². The van der Waals surface area contributed by atoms with Crippen LogP contribution in [0, 0.1) is 0 Å². The third-order valence-corrected chi connectivity index (χ3v) is 6.98. The number of nitrogens with one attached hydrogen (secondary N) is 1. The van der Waals surface area contributed by atoms with Gasteiger partial charge in [-0.15, -0.1) is 0 Å². The highest BCUT2D eigenvalue weighted by atomic mass is 16.3. The number of unbranched alkanes of at least 4 members (excludes halogenated alkanes) is 9. The summed E-state index contributed by atoms with van der Waals surface area (Å²) in [5.74, 6) is -0.0667. The second kappa shape index (κ2) is 32.3. The molecule has 0 bridgehead atoms. The van der Waals surface area contributed by atoms with Crippen LogP contribution in [0.15, 0.2) is 72.9 Å². The molecular formula is C37H63NO3. The fourth-order valence-corrected chi connectivity index (χ4v) is 4.42. The summed E-state index contributed by atoms with van der Waals surface area (Å²) in [5, 5.41) is 22.7. The van der Waals surface area contributed by atoms with Crippen molar-refractivity contribution in [2.24, 2.45) is 0 Å². The van der Waals surface area contributed by atoms with E-state index in [2.05, 4.69) is 92.1 Å². The normalized spacial score (nSPS) is 14.1. The maximum atomic E-state index is 12.2. The standard InChI is InChI=1S/C37H63NO3/c1-3-5-7-9-11-12-13-14-15-16-17-18-19-20-21-22-23-24-25-26-27-29-31-33-37(41)38-35(34-39)36(40)32-30-28-10-8-6-4-2/h5,7,11-12,14-15,17-18,20-21,23-24,35-36,39-40H,3-4,6,8-10,13,16,19,22,25-34H2,1-2H3,(H,38,41)/b7-5-,12-11-,15-14-,18-17-,21-20-,24-23-. The van der Waals surface area contributed by atoms with Crippen molar-refractivity contribution in [3.05, 3.63) is 72.9 Å². The Labute approximate surface area is 253 Å². The fourth-order valence-electron chi connectivity index (χ4n) is 4.42. The molecule has 234 valence electrons. The zero-order valence-corrected chi connectivity index (χ0v) is 26.5. The van der Waals surface area contributed by atoms with E-state index in [4.69, 9.17) is 0 Å². The molecule has 0 aromatic heterocycles. The molecule has 0 aromatic carbocycles. The van der Waals surface area contributed by atoms with Gasteiger partial charge >= 0.3 is 0 Å². The van der Waals surface area contributed by atoms with E-state index in [1.165, 1.54) is 25.7 Å². The molecule has 0 heterocycles. The smallest absolute Gasteiger partial charge is 0.220 e. The number of hydrogen-bond acceptors (Lipinski definition) is 3. The van der Waals surface area contributed by atoms with E-state index >= 15 is 0 Å². The van der Waals surface area contributed by atoms with Gasteiger partial charge in [0.05, 0.1) is 18.8 Å². The molecule has 4 heteroatoms. The van der Waals surface area contributed by atoms with Crippen LogP contribution in [0.3, 0.4) is 0 Å². The average Bonchev–Trinajstić information content (AvgIpc) is 2.97. The Morgan fingerprint density at radius 1 is 0.610 bits per heavy atom. The van der Waals surface area contributed by atoms with Crippen molar-refractivity contribution in [1.29, 1.82) is 0 Å². The molecule has 0 aliphatic carbocycles. The van der Waals surface area contributed by atoms with Gasteiger partial charge in [-0.05, 0) is 64.2 Å². The number of rotatable bonds is 28. The molecule has 3 N–H and O–H groups in total. The van der Waals surface area contributed by atoms with Crippen LogP contribution in [0.2, 0.25) is 0 Å². The van der Waals surface area contributed by atoms with Crippen molar-refractivity contribution in [1.82, 2.24) is 5.32 Å². The molecular weight excluding hydrogens is 506 g/mol. The van der Waals surface area contributed by atoms with Crippen LogP contribution < -0.4 is 5.32 Å². The maximum Gasteiger partial charge on any atom is 0.220 e. The summed E-state index contributed by atoms with van der Waals surface area (Å²) in [6, 6.07) is -0.550. The van der Waals surface area contributed by atoms with E-state index in [0.717, 1.165) is 83.5 Å². The highest BCUT2D eigenvalue weighted by Gasteiger charge is 2.19. The Bertz CT molecular complexity index is 747. The Morgan fingerprint density at radius 3 is 1.61 bits per heavy atom. The third kappa shape index (κ3) is 29.1. The lowest BCUT2D eigenvalue weighted by atomic mass is 10.0. The summed E-state index contributed by atoms with van der Waals surface area (Å²) in [4.78, 5) is 12.2. The Kier molecular flexibility index (Phi) is 30.6. The Hall–Kier alpha value is -2.17. The number of allylic oxidation sites excluding steroid dienone is 12. The quantitative estimate of drug-likeness (QED) is 0.0649. The van der Waals surface area contributed by atoms with Crippen molar-refractivity contribution >= 4 is 5.91 Å². The summed E-state index contributed by atoms with van der Waals surface area (Å²) in [6.07, 6.45) is 45.4. The molecule has 0 spiro atoms. The zero-order valence-electron chi connectivity index (χ0n) is 26.5. The molecule has 0 aromatic rings.